The molecule has 100 valence electrons. The molecule has 0 spiro atoms. The molecule has 1 unspecified atom stereocenters. The van der Waals surface area contributed by atoms with Crippen molar-refractivity contribution in [2.75, 3.05) is 13.2 Å². The highest BCUT2D eigenvalue weighted by molar-refractivity contribution is 5.39. The van der Waals surface area contributed by atoms with Gasteiger partial charge in [-0.05, 0) is 34.4 Å². The summed E-state index contributed by atoms with van der Waals surface area (Å²) in [4.78, 5) is 0. The molecule has 1 heterocycles. The predicted octanol–water partition coefficient (Wildman–Crippen LogP) is 4.61. The summed E-state index contributed by atoms with van der Waals surface area (Å²) in [6.07, 6.45) is 1.17. The molecule has 1 aromatic rings. The van der Waals surface area contributed by atoms with Crippen molar-refractivity contribution >= 4 is 0 Å². The van der Waals surface area contributed by atoms with Gasteiger partial charge in [-0.3, -0.25) is 0 Å². The predicted molar refractivity (Wildman–Crippen MR) is 77.4 cm³/mol. The van der Waals surface area contributed by atoms with Crippen LogP contribution in [-0.2, 0) is 10.2 Å². The molecular weight excluding hydrogens is 220 g/mol. The molecule has 0 aromatic heterocycles. The van der Waals surface area contributed by atoms with E-state index in [9.17, 15) is 0 Å². The molecule has 1 saturated heterocycles. The first kappa shape index (κ1) is 13.6. The third kappa shape index (κ3) is 2.77. The summed E-state index contributed by atoms with van der Waals surface area (Å²) in [6.45, 7) is 13.2. The maximum atomic E-state index is 5.57. The molecule has 1 aromatic carbocycles. The molecule has 1 nitrogen and oxygen atoms in total. The van der Waals surface area contributed by atoms with Crippen LogP contribution in [0.1, 0.15) is 69.6 Å². The van der Waals surface area contributed by atoms with Crippen LogP contribution in [0.3, 0.4) is 0 Å². The smallest absolute Gasteiger partial charge is 0.0535 e. The van der Waals surface area contributed by atoms with Crippen LogP contribution >= 0.6 is 0 Å². The first-order valence-electron chi connectivity index (χ1n) is 7.11. The van der Waals surface area contributed by atoms with Gasteiger partial charge in [0.2, 0.25) is 0 Å². The number of ether oxygens (including phenoxy) is 1. The van der Waals surface area contributed by atoms with Gasteiger partial charge in [0, 0.05) is 12.5 Å². The monoisotopic (exact) mass is 246 g/mol. The van der Waals surface area contributed by atoms with Crippen molar-refractivity contribution in [2.24, 2.45) is 0 Å². The Kier molecular flexibility index (Phi) is 3.82. The van der Waals surface area contributed by atoms with Crippen molar-refractivity contribution in [1.29, 1.82) is 0 Å². The van der Waals surface area contributed by atoms with Crippen molar-refractivity contribution < 1.29 is 4.74 Å². The van der Waals surface area contributed by atoms with Crippen LogP contribution in [0.25, 0.3) is 0 Å². The number of benzene rings is 1. The van der Waals surface area contributed by atoms with Gasteiger partial charge in [-0.15, -0.1) is 0 Å². The maximum Gasteiger partial charge on any atom is 0.0535 e. The van der Waals surface area contributed by atoms with Gasteiger partial charge in [-0.2, -0.15) is 0 Å². The van der Waals surface area contributed by atoms with Crippen LogP contribution in [0.5, 0.6) is 0 Å². The number of hydrogen-bond acceptors (Lipinski definition) is 1. The average molecular weight is 246 g/mol. The molecule has 1 aliphatic rings. The van der Waals surface area contributed by atoms with Crippen molar-refractivity contribution in [3.63, 3.8) is 0 Å². The normalized spacial score (nSPS) is 20.7. The van der Waals surface area contributed by atoms with Crippen molar-refractivity contribution in [2.45, 2.75) is 58.3 Å². The fourth-order valence-electron chi connectivity index (χ4n) is 2.70. The summed E-state index contributed by atoms with van der Waals surface area (Å²) in [5.41, 5.74) is 4.69. The summed E-state index contributed by atoms with van der Waals surface area (Å²) < 4.78 is 5.57. The average Bonchev–Trinajstić information content (AvgIpc) is 2.80. The zero-order valence-electron chi connectivity index (χ0n) is 12.4. The van der Waals surface area contributed by atoms with Crippen molar-refractivity contribution in [1.82, 2.24) is 0 Å². The first-order valence-corrected chi connectivity index (χ1v) is 7.11. The molecule has 0 saturated carbocycles. The summed E-state index contributed by atoms with van der Waals surface area (Å²) in [7, 11) is 0. The molecule has 0 bridgehead atoms. The van der Waals surface area contributed by atoms with Crippen LogP contribution in [0, 0.1) is 0 Å². The van der Waals surface area contributed by atoms with Crippen LogP contribution in [-0.4, -0.2) is 13.2 Å². The second-order valence-electron chi connectivity index (χ2n) is 6.81. The molecule has 2 rings (SSSR count). The highest BCUT2D eigenvalue weighted by atomic mass is 16.5. The van der Waals surface area contributed by atoms with E-state index in [1.807, 2.05) is 0 Å². The SMILES string of the molecule is CC(C)c1ccc(C(C)(C)C)cc1C1CCOC1. The zero-order valence-corrected chi connectivity index (χ0v) is 12.4. The fraction of sp³-hybridized carbons (Fsp3) is 0.647. The Morgan fingerprint density at radius 1 is 1.22 bits per heavy atom. The Morgan fingerprint density at radius 2 is 1.94 bits per heavy atom. The summed E-state index contributed by atoms with van der Waals surface area (Å²) in [5, 5.41) is 0. The molecule has 1 fully saturated rings. The van der Waals surface area contributed by atoms with Crippen LogP contribution < -0.4 is 0 Å². The summed E-state index contributed by atoms with van der Waals surface area (Å²) in [6, 6.07) is 7.06. The van der Waals surface area contributed by atoms with Gasteiger partial charge in [0.1, 0.15) is 0 Å². The van der Waals surface area contributed by atoms with Crippen LogP contribution in [0.2, 0.25) is 0 Å². The Morgan fingerprint density at radius 3 is 2.44 bits per heavy atom. The lowest BCUT2D eigenvalue weighted by molar-refractivity contribution is 0.193. The van der Waals surface area contributed by atoms with Crippen molar-refractivity contribution in [3.05, 3.63) is 34.9 Å². The maximum absolute atomic E-state index is 5.57. The van der Waals surface area contributed by atoms with E-state index in [2.05, 4.69) is 52.8 Å². The topological polar surface area (TPSA) is 9.23 Å². The van der Waals surface area contributed by atoms with Gasteiger partial charge >= 0.3 is 0 Å². The fourth-order valence-corrected chi connectivity index (χ4v) is 2.70. The molecule has 0 radical (unpaired) electrons. The Balaban J connectivity index is 2.44. The number of rotatable bonds is 2. The van der Waals surface area contributed by atoms with E-state index < -0.39 is 0 Å². The molecule has 1 heteroatoms. The van der Waals surface area contributed by atoms with Gasteiger partial charge in [0.05, 0.1) is 6.61 Å². The van der Waals surface area contributed by atoms with Gasteiger partial charge in [-0.1, -0.05) is 52.8 Å². The van der Waals surface area contributed by atoms with Crippen LogP contribution in [0.4, 0.5) is 0 Å². The lowest BCUT2D eigenvalue weighted by Gasteiger charge is -2.24. The van der Waals surface area contributed by atoms with Crippen LogP contribution in [0.15, 0.2) is 18.2 Å². The highest BCUT2D eigenvalue weighted by Crippen LogP contribution is 2.35. The quantitative estimate of drug-likeness (QED) is 0.740. The van der Waals surface area contributed by atoms with Gasteiger partial charge in [0.15, 0.2) is 0 Å². The van der Waals surface area contributed by atoms with E-state index in [4.69, 9.17) is 4.74 Å². The van der Waals surface area contributed by atoms with E-state index in [0.717, 1.165) is 13.2 Å². The van der Waals surface area contributed by atoms with E-state index in [1.165, 1.54) is 23.1 Å². The standard InChI is InChI=1S/C17H26O/c1-12(2)15-7-6-14(17(3,4)5)10-16(15)13-8-9-18-11-13/h6-7,10,12-13H,8-9,11H2,1-5H3. The summed E-state index contributed by atoms with van der Waals surface area (Å²) >= 11 is 0. The molecule has 0 aliphatic carbocycles. The molecule has 0 N–H and O–H groups in total. The van der Waals surface area contributed by atoms with Gasteiger partial charge in [0.25, 0.3) is 0 Å². The molecule has 0 amide bonds. The molecular formula is C17H26O. The van der Waals surface area contributed by atoms with E-state index in [0.29, 0.717) is 11.8 Å². The lowest BCUT2D eigenvalue weighted by atomic mass is 9.81. The minimum atomic E-state index is 0.226. The third-order valence-corrected chi connectivity index (χ3v) is 3.94. The van der Waals surface area contributed by atoms with Gasteiger partial charge in [-0.25, -0.2) is 0 Å². The molecule has 1 atom stereocenters. The minimum Gasteiger partial charge on any atom is -0.381 e. The summed E-state index contributed by atoms with van der Waals surface area (Å²) in [5.74, 6) is 1.19. The van der Waals surface area contributed by atoms with E-state index >= 15 is 0 Å². The minimum absolute atomic E-state index is 0.226. The highest BCUT2D eigenvalue weighted by Gasteiger charge is 2.24. The largest absolute Gasteiger partial charge is 0.381 e. The first-order chi connectivity index (χ1) is 8.39. The number of hydrogen-bond donors (Lipinski definition) is 0. The Labute approximate surface area is 112 Å². The molecule has 18 heavy (non-hydrogen) atoms. The Hall–Kier alpha value is -0.820. The third-order valence-electron chi connectivity index (χ3n) is 3.94. The molecule has 1 aliphatic heterocycles. The van der Waals surface area contributed by atoms with Crippen molar-refractivity contribution in [3.8, 4) is 0 Å². The Bertz CT molecular complexity index is 406. The lowest BCUT2D eigenvalue weighted by Crippen LogP contribution is -2.13. The second-order valence-corrected chi connectivity index (χ2v) is 6.81. The second kappa shape index (κ2) is 5.05. The van der Waals surface area contributed by atoms with Gasteiger partial charge < -0.3 is 4.74 Å². The van der Waals surface area contributed by atoms with E-state index in [-0.39, 0.29) is 5.41 Å². The zero-order chi connectivity index (χ0) is 13.3. The van der Waals surface area contributed by atoms with E-state index in [1.54, 1.807) is 0 Å².